The molecule has 0 atom stereocenters. The van der Waals surface area contributed by atoms with Crippen LogP contribution in [-0.2, 0) is 10.0 Å². The first-order chi connectivity index (χ1) is 14.0. The number of fused-ring (bicyclic) bond motifs is 1. The maximum Gasteiger partial charge on any atom is 0.262 e. The normalized spacial score (nSPS) is 14.7. The molecule has 29 heavy (non-hydrogen) atoms. The van der Waals surface area contributed by atoms with Crippen LogP contribution < -0.4 is 4.72 Å². The van der Waals surface area contributed by atoms with E-state index in [1.54, 1.807) is 35.2 Å². The Balaban J connectivity index is 1.71. The van der Waals surface area contributed by atoms with Gasteiger partial charge in [-0.15, -0.1) is 0 Å². The van der Waals surface area contributed by atoms with Gasteiger partial charge in [-0.3, -0.25) is 14.5 Å². The van der Waals surface area contributed by atoms with E-state index in [2.05, 4.69) is 9.71 Å². The molecular weight excluding hydrogens is 393 g/mol. The molecule has 6 nitrogen and oxygen atoms in total. The number of nitrogens with one attached hydrogen (secondary N) is 1. The standard InChI is InChI=1S/C21H20FN3O3S/c22-17-10-11-19(16-8-6-12-23-20(16)17)29(27,28)24-18-9-3-2-7-15(18)21(26)25-13-4-1-5-14-25/h2-3,6-12,24H,1,4-5,13-14H2. The van der Waals surface area contributed by atoms with Crippen LogP contribution in [0.1, 0.15) is 29.6 Å². The third-order valence-corrected chi connectivity index (χ3v) is 6.44. The van der Waals surface area contributed by atoms with E-state index in [0.29, 0.717) is 18.7 Å². The highest BCUT2D eigenvalue weighted by molar-refractivity contribution is 7.93. The monoisotopic (exact) mass is 413 g/mol. The topological polar surface area (TPSA) is 79.4 Å². The van der Waals surface area contributed by atoms with E-state index in [9.17, 15) is 17.6 Å². The van der Waals surface area contributed by atoms with Gasteiger partial charge in [0.2, 0.25) is 0 Å². The number of hydrogen-bond donors (Lipinski definition) is 1. The summed E-state index contributed by atoms with van der Waals surface area (Å²) in [6.45, 7) is 1.32. The summed E-state index contributed by atoms with van der Waals surface area (Å²) in [6.07, 6.45) is 4.37. The lowest BCUT2D eigenvalue weighted by atomic mass is 10.1. The predicted octanol–water partition coefficient (Wildman–Crippen LogP) is 3.80. The van der Waals surface area contributed by atoms with E-state index in [1.807, 2.05) is 0 Å². The molecule has 1 amide bonds. The van der Waals surface area contributed by atoms with Gasteiger partial charge in [-0.25, -0.2) is 12.8 Å². The number of benzene rings is 2. The molecule has 2 heterocycles. The number of pyridine rings is 1. The zero-order valence-corrected chi connectivity index (χ0v) is 16.5. The van der Waals surface area contributed by atoms with Crippen LogP contribution in [0.3, 0.4) is 0 Å². The number of rotatable bonds is 4. The van der Waals surface area contributed by atoms with Gasteiger partial charge >= 0.3 is 0 Å². The van der Waals surface area contributed by atoms with Crippen LogP contribution in [0.4, 0.5) is 10.1 Å². The first kappa shape index (κ1) is 19.3. The molecule has 0 saturated carbocycles. The van der Waals surface area contributed by atoms with Gasteiger partial charge in [0.1, 0.15) is 11.3 Å². The van der Waals surface area contributed by atoms with Crippen LogP contribution in [0, 0.1) is 5.82 Å². The minimum absolute atomic E-state index is 0.0203. The largest absolute Gasteiger partial charge is 0.339 e. The molecule has 4 rings (SSSR count). The number of amides is 1. The number of carbonyl (C=O) groups is 1. The summed E-state index contributed by atoms with van der Waals surface area (Å²) >= 11 is 0. The highest BCUT2D eigenvalue weighted by Crippen LogP contribution is 2.27. The third-order valence-electron chi connectivity index (χ3n) is 5.02. The van der Waals surface area contributed by atoms with Crippen molar-refractivity contribution in [3.05, 3.63) is 66.1 Å². The van der Waals surface area contributed by atoms with Crippen molar-refractivity contribution < 1.29 is 17.6 Å². The number of aromatic nitrogens is 1. The van der Waals surface area contributed by atoms with E-state index < -0.39 is 15.8 Å². The molecule has 8 heteroatoms. The fraction of sp³-hybridized carbons (Fsp3) is 0.238. The van der Waals surface area contributed by atoms with Crippen molar-refractivity contribution in [2.24, 2.45) is 0 Å². The number of anilines is 1. The van der Waals surface area contributed by atoms with Gasteiger partial charge in [0.15, 0.2) is 0 Å². The number of carbonyl (C=O) groups excluding carboxylic acids is 1. The van der Waals surface area contributed by atoms with E-state index in [4.69, 9.17) is 0 Å². The molecule has 0 radical (unpaired) electrons. The van der Waals surface area contributed by atoms with Gasteiger partial charge in [0.25, 0.3) is 15.9 Å². The van der Waals surface area contributed by atoms with Crippen LogP contribution in [0.2, 0.25) is 0 Å². The highest BCUT2D eigenvalue weighted by atomic mass is 32.2. The summed E-state index contributed by atoms with van der Waals surface area (Å²) in [7, 11) is -4.07. The van der Waals surface area contributed by atoms with Gasteiger partial charge in [0, 0.05) is 24.7 Å². The van der Waals surface area contributed by atoms with Gasteiger partial charge in [-0.1, -0.05) is 12.1 Å². The van der Waals surface area contributed by atoms with E-state index in [0.717, 1.165) is 25.3 Å². The molecule has 3 aromatic rings. The molecule has 0 bridgehead atoms. The van der Waals surface area contributed by atoms with E-state index in [-0.39, 0.29) is 27.4 Å². The summed E-state index contributed by atoms with van der Waals surface area (Å²) < 4.78 is 42.7. The number of sulfonamides is 1. The Hall–Kier alpha value is -3.00. The lowest BCUT2D eigenvalue weighted by Crippen LogP contribution is -2.36. The summed E-state index contributed by atoms with van der Waals surface area (Å²) in [4.78, 5) is 18.5. The quantitative estimate of drug-likeness (QED) is 0.706. The number of piperidine rings is 1. The fourth-order valence-electron chi connectivity index (χ4n) is 3.57. The lowest BCUT2D eigenvalue weighted by Gasteiger charge is -2.27. The van der Waals surface area contributed by atoms with Crippen LogP contribution >= 0.6 is 0 Å². The number of para-hydroxylation sites is 1. The Kier molecular flexibility index (Phi) is 5.19. The van der Waals surface area contributed by atoms with Gasteiger partial charge in [-0.2, -0.15) is 0 Å². The van der Waals surface area contributed by atoms with Crippen LogP contribution in [0.15, 0.2) is 59.6 Å². The number of nitrogens with zero attached hydrogens (tertiary/aromatic N) is 2. The van der Waals surface area contributed by atoms with Gasteiger partial charge < -0.3 is 4.90 Å². The van der Waals surface area contributed by atoms with Crippen molar-refractivity contribution in [1.82, 2.24) is 9.88 Å². The minimum Gasteiger partial charge on any atom is -0.339 e. The smallest absolute Gasteiger partial charge is 0.262 e. The average Bonchev–Trinajstić information content (AvgIpc) is 2.74. The lowest BCUT2D eigenvalue weighted by molar-refractivity contribution is 0.0725. The zero-order chi connectivity index (χ0) is 20.4. The van der Waals surface area contributed by atoms with E-state index >= 15 is 0 Å². The van der Waals surface area contributed by atoms with Crippen LogP contribution in [-0.4, -0.2) is 37.3 Å². The third kappa shape index (κ3) is 3.80. The van der Waals surface area contributed by atoms with Crippen LogP contribution in [0.5, 0.6) is 0 Å². The molecule has 1 N–H and O–H groups in total. The Morgan fingerprint density at radius 1 is 1.00 bits per heavy atom. The summed E-state index contributed by atoms with van der Waals surface area (Å²) in [5.41, 5.74) is 0.472. The molecule has 1 fully saturated rings. The molecule has 0 unspecified atom stereocenters. The molecule has 1 aromatic heterocycles. The number of likely N-dealkylation sites (tertiary alicyclic amines) is 1. The Labute approximate surface area is 168 Å². The zero-order valence-electron chi connectivity index (χ0n) is 15.6. The first-order valence-corrected chi connectivity index (χ1v) is 10.9. The molecule has 1 aliphatic rings. The Morgan fingerprint density at radius 2 is 1.76 bits per heavy atom. The average molecular weight is 413 g/mol. The molecule has 2 aromatic carbocycles. The summed E-state index contributed by atoms with van der Waals surface area (Å²) in [5, 5.41) is 0.180. The maximum atomic E-state index is 14.0. The minimum atomic E-state index is -4.07. The summed E-state index contributed by atoms with van der Waals surface area (Å²) in [6, 6.07) is 11.9. The van der Waals surface area contributed by atoms with Crippen molar-refractivity contribution in [2.45, 2.75) is 24.2 Å². The molecule has 1 aliphatic heterocycles. The van der Waals surface area contributed by atoms with Crippen LogP contribution in [0.25, 0.3) is 10.9 Å². The highest BCUT2D eigenvalue weighted by Gasteiger charge is 2.24. The second-order valence-electron chi connectivity index (χ2n) is 6.95. The maximum absolute atomic E-state index is 14.0. The van der Waals surface area contributed by atoms with Crippen molar-refractivity contribution in [3.8, 4) is 0 Å². The SMILES string of the molecule is O=C(c1ccccc1NS(=O)(=O)c1ccc(F)c2ncccc12)N1CCCCC1. The predicted molar refractivity (Wildman–Crippen MR) is 109 cm³/mol. The second-order valence-corrected chi connectivity index (χ2v) is 8.60. The van der Waals surface area contributed by atoms with Crippen molar-refractivity contribution in [2.75, 3.05) is 17.8 Å². The Bertz CT molecular complexity index is 1170. The summed E-state index contributed by atoms with van der Waals surface area (Å²) in [5.74, 6) is -0.797. The molecule has 0 spiro atoms. The van der Waals surface area contributed by atoms with Crippen molar-refractivity contribution in [1.29, 1.82) is 0 Å². The number of halogens is 1. The van der Waals surface area contributed by atoms with Gasteiger partial charge in [0.05, 0.1) is 16.1 Å². The Morgan fingerprint density at radius 3 is 2.55 bits per heavy atom. The molecule has 1 saturated heterocycles. The molecule has 150 valence electrons. The molecule has 0 aliphatic carbocycles. The first-order valence-electron chi connectivity index (χ1n) is 9.42. The van der Waals surface area contributed by atoms with E-state index in [1.165, 1.54) is 18.3 Å². The fourth-order valence-corrected chi connectivity index (χ4v) is 4.85. The molecular formula is C21H20FN3O3S. The van der Waals surface area contributed by atoms with Crippen molar-refractivity contribution >= 4 is 32.5 Å². The number of hydrogen-bond acceptors (Lipinski definition) is 4. The second kappa shape index (κ2) is 7.79. The van der Waals surface area contributed by atoms with Crippen molar-refractivity contribution in [3.63, 3.8) is 0 Å². The van der Waals surface area contributed by atoms with Gasteiger partial charge in [-0.05, 0) is 55.7 Å².